The van der Waals surface area contributed by atoms with Gasteiger partial charge in [0.15, 0.2) is 0 Å². The number of hydrogen-bond donors (Lipinski definition) is 0. The van der Waals surface area contributed by atoms with Crippen LogP contribution in [0.1, 0.15) is 26.3 Å². The molecule has 0 spiro atoms. The SMILES string of the molecule is COC(=O)c1c(F)cc(OC(=O)c2c(F)cc(C)cc2F)cc1F. The molecule has 0 atom stereocenters. The molecular formula is C16H10F4O4. The lowest BCUT2D eigenvalue weighted by Gasteiger charge is -2.09. The van der Waals surface area contributed by atoms with Crippen LogP contribution in [-0.2, 0) is 4.74 Å². The maximum absolute atomic E-state index is 13.7. The monoisotopic (exact) mass is 342 g/mol. The fraction of sp³-hybridized carbons (Fsp3) is 0.125. The molecule has 2 rings (SSSR count). The number of benzene rings is 2. The second-order valence-corrected chi connectivity index (χ2v) is 4.75. The van der Waals surface area contributed by atoms with Crippen LogP contribution in [0.5, 0.6) is 5.75 Å². The Morgan fingerprint density at radius 3 is 1.67 bits per heavy atom. The average molecular weight is 342 g/mol. The molecule has 2 aromatic rings. The van der Waals surface area contributed by atoms with Gasteiger partial charge in [-0.1, -0.05) is 0 Å². The van der Waals surface area contributed by atoms with Crippen LogP contribution in [0.2, 0.25) is 0 Å². The first-order valence-corrected chi connectivity index (χ1v) is 6.49. The third-order valence-corrected chi connectivity index (χ3v) is 3.01. The van der Waals surface area contributed by atoms with E-state index in [0.29, 0.717) is 12.1 Å². The van der Waals surface area contributed by atoms with Gasteiger partial charge in [0.25, 0.3) is 0 Å². The highest BCUT2D eigenvalue weighted by atomic mass is 19.1. The minimum atomic E-state index is -1.48. The van der Waals surface area contributed by atoms with E-state index in [1.165, 1.54) is 6.92 Å². The maximum atomic E-state index is 13.7. The van der Waals surface area contributed by atoms with E-state index in [-0.39, 0.29) is 5.56 Å². The van der Waals surface area contributed by atoms with Gasteiger partial charge in [-0.05, 0) is 24.6 Å². The summed E-state index contributed by atoms with van der Waals surface area (Å²) in [5.74, 6) is -8.46. The molecule has 0 aliphatic rings. The Morgan fingerprint density at radius 1 is 0.792 bits per heavy atom. The van der Waals surface area contributed by atoms with Crippen molar-refractivity contribution in [3.05, 3.63) is 64.2 Å². The van der Waals surface area contributed by atoms with Crippen molar-refractivity contribution in [2.45, 2.75) is 6.92 Å². The second-order valence-electron chi connectivity index (χ2n) is 4.75. The van der Waals surface area contributed by atoms with E-state index in [4.69, 9.17) is 0 Å². The number of ether oxygens (including phenoxy) is 2. The summed E-state index contributed by atoms with van der Waals surface area (Å²) in [6, 6.07) is 2.86. The van der Waals surface area contributed by atoms with Gasteiger partial charge in [0.1, 0.15) is 40.1 Å². The summed E-state index contributed by atoms with van der Waals surface area (Å²) >= 11 is 0. The van der Waals surface area contributed by atoms with E-state index in [1.54, 1.807) is 0 Å². The molecular weight excluding hydrogens is 332 g/mol. The first-order chi connectivity index (χ1) is 11.2. The number of methoxy groups -OCH3 is 1. The highest BCUT2D eigenvalue weighted by Crippen LogP contribution is 2.23. The Bertz CT molecular complexity index is 787. The molecule has 0 radical (unpaired) electrons. The van der Waals surface area contributed by atoms with Gasteiger partial charge < -0.3 is 9.47 Å². The molecule has 0 heterocycles. The first kappa shape index (κ1) is 17.5. The molecule has 0 aromatic heterocycles. The summed E-state index contributed by atoms with van der Waals surface area (Å²) in [5, 5.41) is 0. The molecule has 0 unspecified atom stereocenters. The van der Waals surface area contributed by atoms with Gasteiger partial charge >= 0.3 is 11.9 Å². The number of carbonyl (C=O) groups excluding carboxylic acids is 2. The summed E-state index contributed by atoms with van der Waals surface area (Å²) in [6.07, 6.45) is 0. The molecule has 0 bridgehead atoms. The molecule has 0 saturated carbocycles. The molecule has 0 N–H and O–H groups in total. The van der Waals surface area contributed by atoms with Crippen LogP contribution in [0.4, 0.5) is 17.6 Å². The van der Waals surface area contributed by atoms with Crippen molar-refractivity contribution in [2.75, 3.05) is 7.11 Å². The molecule has 0 amide bonds. The number of aryl methyl sites for hydroxylation is 1. The molecule has 0 aliphatic carbocycles. The standard InChI is InChI=1S/C16H10F4O4/c1-7-3-9(17)14(10(18)4-7)16(22)24-8-5-11(19)13(12(20)6-8)15(21)23-2/h3-6H,1-2H3. The van der Waals surface area contributed by atoms with Crippen LogP contribution in [0.15, 0.2) is 24.3 Å². The topological polar surface area (TPSA) is 52.6 Å². The Kier molecular flexibility index (Phi) is 4.87. The van der Waals surface area contributed by atoms with Crippen molar-refractivity contribution in [3.8, 4) is 5.75 Å². The van der Waals surface area contributed by atoms with Gasteiger partial charge in [-0.15, -0.1) is 0 Å². The first-order valence-electron chi connectivity index (χ1n) is 6.49. The Hall–Kier alpha value is -2.90. The number of esters is 2. The Balaban J connectivity index is 2.36. The highest BCUT2D eigenvalue weighted by Gasteiger charge is 2.23. The number of hydrogen-bond acceptors (Lipinski definition) is 4. The summed E-state index contributed by atoms with van der Waals surface area (Å²) in [4.78, 5) is 23.0. The largest absolute Gasteiger partial charge is 0.465 e. The molecule has 4 nitrogen and oxygen atoms in total. The maximum Gasteiger partial charge on any atom is 0.349 e. The van der Waals surface area contributed by atoms with Crippen molar-refractivity contribution in [1.29, 1.82) is 0 Å². The van der Waals surface area contributed by atoms with E-state index in [2.05, 4.69) is 9.47 Å². The van der Waals surface area contributed by atoms with E-state index in [0.717, 1.165) is 19.2 Å². The number of carbonyl (C=O) groups is 2. The quantitative estimate of drug-likeness (QED) is 0.486. The molecule has 0 fully saturated rings. The van der Waals surface area contributed by atoms with Gasteiger partial charge in [0.05, 0.1) is 7.11 Å². The highest BCUT2D eigenvalue weighted by molar-refractivity contribution is 5.92. The zero-order valence-electron chi connectivity index (χ0n) is 12.5. The van der Waals surface area contributed by atoms with E-state index >= 15 is 0 Å². The van der Waals surface area contributed by atoms with Crippen LogP contribution in [0.25, 0.3) is 0 Å². The van der Waals surface area contributed by atoms with Crippen molar-refractivity contribution >= 4 is 11.9 Å². The molecule has 24 heavy (non-hydrogen) atoms. The summed E-state index contributed by atoms with van der Waals surface area (Å²) in [6.45, 7) is 1.41. The number of rotatable bonds is 3. The van der Waals surface area contributed by atoms with Gasteiger partial charge in [0.2, 0.25) is 0 Å². The fourth-order valence-corrected chi connectivity index (χ4v) is 1.96. The average Bonchev–Trinajstić information content (AvgIpc) is 2.44. The molecule has 126 valence electrons. The van der Waals surface area contributed by atoms with Crippen molar-refractivity contribution < 1.29 is 36.6 Å². The van der Waals surface area contributed by atoms with Crippen LogP contribution < -0.4 is 4.74 Å². The van der Waals surface area contributed by atoms with E-state index in [1.807, 2.05) is 0 Å². The Labute approximate surface area is 133 Å². The lowest BCUT2D eigenvalue weighted by atomic mass is 10.1. The molecule has 8 heteroatoms. The minimum Gasteiger partial charge on any atom is -0.465 e. The van der Waals surface area contributed by atoms with Gasteiger partial charge in [-0.25, -0.2) is 27.2 Å². The summed E-state index contributed by atoms with van der Waals surface area (Å²) in [5.41, 5.74) is -1.75. The van der Waals surface area contributed by atoms with Crippen LogP contribution in [0.3, 0.4) is 0 Å². The van der Waals surface area contributed by atoms with Crippen molar-refractivity contribution in [2.24, 2.45) is 0 Å². The zero-order valence-corrected chi connectivity index (χ0v) is 12.5. The van der Waals surface area contributed by atoms with Crippen LogP contribution >= 0.6 is 0 Å². The number of halogens is 4. The predicted octanol–water partition coefficient (Wildman–Crippen LogP) is 3.56. The lowest BCUT2D eigenvalue weighted by Crippen LogP contribution is -2.15. The van der Waals surface area contributed by atoms with E-state index in [9.17, 15) is 27.2 Å². The van der Waals surface area contributed by atoms with Crippen LogP contribution in [-0.4, -0.2) is 19.0 Å². The molecule has 0 saturated heterocycles. The zero-order chi connectivity index (χ0) is 18.0. The molecule has 0 aliphatic heterocycles. The smallest absolute Gasteiger partial charge is 0.349 e. The van der Waals surface area contributed by atoms with Crippen LogP contribution in [0, 0.1) is 30.2 Å². The minimum absolute atomic E-state index is 0.237. The normalized spacial score (nSPS) is 10.4. The third kappa shape index (κ3) is 3.37. The molecule has 2 aromatic carbocycles. The van der Waals surface area contributed by atoms with Gasteiger partial charge in [-0.2, -0.15) is 0 Å². The lowest BCUT2D eigenvalue weighted by molar-refractivity contribution is 0.0589. The third-order valence-electron chi connectivity index (χ3n) is 3.01. The van der Waals surface area contributed by atoms with Gasteiger partial charge in [0, 0.05) is 12.1 Å². The van der Waals surface area contributed by atoms with E-state index < -0.39 is 52.1 Å². The summed E-state index contributed by atoms with van der Waals surface area (Å²) < 4.78 is 63.6. The predicted molar refractivity (Wildman–Crippen MR) is 73.8 cm³/mol. The fourth-order valence-electron chi connectivity index (χ4n) is 1.96. The Morgan fingerprint density at radius 2 is 1.21 bits per heavy atom. The summed E-state index contributed by atoms with van der Waals surface area (Å²) in [7, 11) is 0.929. The second kappa shape index (κ2) is 6.69. The van der Waals surface area contributed by atoms with Crippen molar-refractivity contribution in [1.82, 2.24) is 0 Å². The van der Waals surface area contributed by atoms with Gasteiger partial charge in [-0.3, -0.25) is 0 Å². The van der Waals surface area contributed by atoms with Crippen molar-refractivity contribution in [3.63, 3.8) is 0 Å².